The molecule has 51 heavy (non-hydrogen) atoms. The molecule has 4 aromatic rings. The molecule has 2 aliphatic carbocycles. The number of amides is 3. The summed E-state index contributed by atoms with van der Waals surface area (Å²) in [7, 11) is -3.85. The number of rotatable bonds is 6. The lowest BCUT2D eigenvalue weighted by molar-refractivity contribution is -0.140. The number of carbonyl (C=O) groups excluding carboxylic acids is 3. The van der Waals surface area contributed by atoms with E-state index < -0.39 is 50.8 Å². The molecule has 2 saturated carbocycles. The van der Waals surface area contributed by atoms with Gasteiger partial charge in [-0.1, -0.05) is 49.3 Å². The summed E-state index contributed by atoms with van der Waals surface area (Å²) in [6, 6.07) is 13.4. The number of benzene rings is 2. The number of aromatic nitrogens is 3. The third-order valence-corrected chi connectivity index (χ3v) is 13.1. The number of sulfonamides is 1. The maximum absolute atomic E-state index is 14.2. The molecule has 3 fully saturated rings. The minimum Gasteiger partial charge on any atom is -0.471 e. The van der Waals surface area contributed by atoms with Gasteiger partial charge in [-0.05, 0) is 62.8 Å². The molecular weight excluding hydrogens is 691 g/mol. The van der Waals surface area contributed by atoms with Gasteiger partial charge in [-0.2, -0.15) is 0 Å². The number of nitrogens with one attached hydrogen (secondary N) is 2. The van der Waals surface area contributed by atoms with E-state index in [9.17, 15) is 22.8 Å². The monoisotopic (exact) mass is 729 g/mol. The molecule has 2 aromatic heterocycles. The van der Waals surface area contributed by atoms with Crippen LogP contribution in [0.5, 0.6) is 5.88 Å². The van der Waals surface area contributed by atoms with Crippen LogP contribution in [0.4, 0.5) is 0 Å². The summed E-state index contributed by atoms with van der Waals surface area (Å²) in [5.41, 5.74) is 7.53. The van der Waals surface area contributed by atoms with E-state index in [1.54, 1.807) is 0 Å². The fourth-order valence-corrected chi connectivity index (χ4v) is 9.39. The summed E-state index contributed by atoms with van der Waals surface area (Å²) in [5, 5.41) is 2.91. The van der Waals surface area contributed by atoms with Crippen molar-refractivity contribution < 1.29 is 27.5 Å². The zero-order valence-corrected chi connectivity index (χ0v) is 29.5. The van der Waals surface area contributed by atoms with Gasteiger partial charge in [-0.15, -0.1) is 11.3 Å². The van der Waals surface area contributed by atoms with Crippen molar-refractivity contribution in [1.82, 2.24) is 29.9 Å². The van der Waals surface area contributed by atoms with Crippen molar-refractivity contribution in [3.8, 4) is 16.6 Å². The van der Waals surface area contributed by atoms with Crippen LogP contribution in [0.25, 0.3) is 32.0 Å². The first-order valence-electron chi connectivity index (χ1n) is 17.5. The van der Waals surface area contributed by atoms with E-state index >= 15 is 0 Å². The molecule has 2 aliphatic heterocycles. The van der Waals surface area contributed by atoms with Crippen molar-refractivity contribution in [1.29, 1.82) is 0 Å². The van der Waals surface area contributed by atoms with E-state index in [0.717, 1.165) is 35.9 Å². The Bertz CT molecular complexity index is 2140. The highest BCUT2D eigenvalue weighted by molar-refractivity contribution is 7.91. The molecule has 0 unspecified atom stereocenters. The van der Waals surface area contributed by atoms with Crippen LogP contribution in [-0.4, -0.2) is 81.5 Å². The van der Waals surface area contributed by atoms with E-state index in [2.05, 4.69) is 10.0 Å². The van der Waals surface area contributed by atoms with Gasteiger partial charge in [0.05, 0.1) is 39.1 Å². The molecule has 2 aromatic carbocycles. The Balaban J connectivity index is 1.11. The number of fused-ring (bicyclic) bond motifs is 4. The van der Waals surface area contributed by atoms with E-state index in [1.807, 2.05) is 60.7 Å². The minimum atomic E-state index is -3.85. The van der Waals surface area contributed by atoms with Gasteiger partial charge in [-0.25, -0.2) is 23.4 Å². The lowest BCUT2D eigenvalue weighted by Gasteiger charge is -2.28. The van der Waals surface area contributed by atoms with E-state index in [-0.39, 0.29) is 37.1 Å². The Hall–Kier alpha value is -4.47. The molecule has 0 bridgehead atoms. The molecule has 4 N–H and O–H groups in total. The number of para-hydroxylation sites is 3. The minimum absolute atomic E-state index is 0.0526. The molecule has 1 saturated heterocycles. The van der Waals surface area contributed by atoms with Crippen LogP contribution >= 0.6 is 11.3 Å². The maximum atomic E-state index is 14.2. The second-order valence-corrected chi connectivity index (χ2v) is 16.9. The van der Waals surface area contributed by atoms with Gasteiger partial charge in [0.15, 0.2) is 5.69 Å². The second kappa shape index (κ2) is 13.3. The summed E-state index contributed by atoms with van der Waals surface area (Å²) in [6.45, 7) is 0.0526. The zero-order chi connectivity index (χ0) is 35.3. The highest BCUT2D eigenvalue weighted by atomic mass is 32.2. The Morgan fingerprint density at radius 3 is 2.49 bits per heavy atom. The number of allylic oxidation sites excluding steroid dienone is 1. The molecule has 5 atom stereocenters. The van der Waals surface area contributed by atoms with Gasteiger partial charge in [0.25, 0.3) is 5.91 Å². The van der Waals surface area contributed by atoms with Gasteiger partial charge in [0.1, 0.15) is 22.7 Å². The van der Waals surface area contributed by atoms with E-state index in [4.69, 9.17) is 25.4 Å². The first-order chi connectivity index (χ1) is 24.6. The number of nitrogens with two attached hydrogens (primary N) is 1. The van der Waals surface area contributed by atoms with Crippen LogP contribution < -0.4 is 20.5 Å². The second-order valence-electron chi connectivity index (χ2n) is 14.0. The summed E-state index contributed by atoms with van der Waals surface area (Å²) >= 11 is 1.46. The predicted octanol–water partition coefficient (Wildman–Crippen LogP) is 3.59. The molecule has 0 spiro atoms. The summed E-state index contributed by atoms with van der Waals surface area (Å²) in [6.07, 6.45) is 8.24. The molecule has 266 valence electrons. The highest BCUT2D eigenvalue weighted by Gasteiger charge is 2.62. The molecule has 4 aliphatic rings. The SMILES string of the molecule is N[C@H]1CCCCC/C=C\[C@@H]2C[C@@]2(C(=O)NS(=O)(=O)C2CC2)NC(=O)[C@@H]2C[C@@H](Oc3nc4ccccc4nc3-c3nc4ccccc4s3)CN2C1=O. The van der Waals surface area contributed by atoms with Crippen molar-refractivity contribution in [2.24, 2.45) is 11.7 Å². The van der Waals surface area contributed by atoms with Gasteiger partial charge < -0.3 is 20.7 Å². The average Bonchev–Trinajstić information content (AvgIpc) is 4.01. The van der Waals surface area contributed by atoms with E-state index in [1.165, 1.54) is 16.2 Å². The maximum Gasteiger partial charge on any atom is 0.259 e. The van der Waals surface area contributed by atoms with Crippen molar-refractivity contribution in [2.45, 2.75) is 86.8 Å². The van der Waals surface area contributed by atoms with Crippen LogP contribution in [0, 0.1) is 5.92 Å². The fraction of sp³-hybridized carbons (Fsp3) is 0.444. The molecule has 3 amide bonds. The normalized spacial score (nSPS) is 27.9. The Morgan fingerprint density at radius 2 is 1.73 bits per heavy atom. The zero-order valence-electron chi connectivity index (χ0n) is 27.9. The smallest absolute Gasteiger partial charge is 0.259 e. The average molecular weight is 730 g/mol. The number of hydrogen-bond acceptors (Lipinski definition) is 11. The number of nitrogens with zero attached hydrogens (tertiary/aromatic N) is 4. The first-order valence-corrected chi connectivity index (χ1v) is 19.9. The molecule has 8 rings (SSSR count). The highest BCUT2D eigenvalue weighted by Crippen LogP contribution is 2.46. The Kier molecular flexibility index (Phi) is 8.75. The molecule has 13 nitrogen and oxygen atoms in total. The number of hydrogen-bond donors (Lipinski definition) is 3. The van der Waals surface area contributed by atoms with Crippen molar-refractivity contribution >= 4 is 60.3 Å². The number of carbonyl (C=O) groups is 3. The fourth-order valence-electron chi connectivity index (χ4n) is 7.08. The quantitative estimate of drug-likeness (QED) is 0.248. The van der Waals surface area contributed by atoms with Crippen molar-refractivity contribution in [3.05, 3.63) is 60.7 Å². The molecule has 4 heterocycles. The number of ether oxygens (including phenoxy) is 1. The largest absolute Gasteiger partial charge is 0.471 e. The van der Waals surface area contributed by atoms with Crippen LogP contribution in [-0.2, 0) is 24.4 Å². The van der Waals surface area contributed by atoms with Crippen LogP contribution in [0.15, 0.2) is 60.7 Å². The predicted molar refractivity (Wildman–Crippen MR) is 192 cm³/mol. The Labute approximate surface area is 299 Å². The Morgan fingerprint density at radius 1 is 0.980 bits per heavy atom. The lowest BCUT2D eigenvalue weighted by atomic mass is 10.1. The first kappa shape index (κ1) is 33.7. The van der Waals surface area contributed by atoms with Gasteiger partial charge in [0.2, 0.25) is 27.7 Å². The lowest BCUT2D eigenvalue weighted by Crippen LogP contribution is -2.57. The van der Waals surface area contributed by atoms with E-state index in [0.29, 0.717) is 41.0 Å². The molecule has 15 heteroatoms. The number of thiazole rings is 1. The van der Waals surface area contributed by atoms with Crippen molar-refractivity contribution in [3.63, 3.8) is 0 Å². The topological polar surface area (TPSA) is 187 Å². The third kappa shape index (κ3) is 6.69. The van der Waals surface area contributed by atoms with Crippen LogP contribution in [0.1, 0.15) is 57.8 Å². The van der Waals surface area contributed by atoms with Gasteiger partial charge in [-0.3, -0.25) is 19.1 Å². The van der Waals surface area contributed by atoms with Gasteiger partial charge in [0, 0.05) is 12.3 Å². The van der Waals surface area contributed by atoms with Gasteiger partial charge >= 0.3 is 0 Å². The molecule has 0 radical (unpaired) electrons. The third-order valence-electron chi connectivity index (χ3n) is 10.2. The van der Waals surface area contributed by atoms with Crippen LogP contribution in [0.2, 0.25) is 0 Å². The summed E-state index contributed by atoms with van der Waals surface area (Å²) < 4.78 is 35.3. The summed E-state index contributed by atoms with van der Waals surface area (Å²) in [4.78, 5) is 57.7. The van der Waals surface area contributed by atoms with Crippen LogP contribution in [0.3, 0.4) is 0 Å². The summed E-state index contributed by atoms with van der Waals surface area (Å²) in [5.74, 6) is -1.86. The van der Waals surface area contributed by atoms with Crippen molar-refractivity contribution in [2.75, 3.05) is 6.54 Å². The molecular formula is C36H39N7O6S2. The standard InChI is InChI=1S/C36H39N7O6S2/c37-24-11-5-3-1-2-4-10-21-19-36(21,35(46)42-51(47,48)23-16-17-23)41-31(44)28-18-22(20-43(28)34(24)45)49-32-30(38-25-12-6-7-13-26(25)39-32)33-40-27-14-8-9-15-29(27)50-33/h4,6-10,12-15,21-24,28H,1-3,5,11,16-20,37H2,(H,41,44)(H,42,46)/b10-4-/t21-,22-,24+,28+,36-/m1/s1.